The number of nitrogens with zero attached hydrogens (tertiary/aromatic N) is 4. The average Bonchev–Trinajstić information content (AvgIpc) is 3.15. The van der Waals surface area contributed by atoms with E-state index in [9.17, 15) is 9.18 Å². The average molecular weight is 328 g/mol. The van der Waals surface area contributed by atoms with E-state index < -0.39 is 5.97 Å². The summed E-state index contributed by atoms with van der Waals surface area (Å²) in [6, 6.07) is 12.3. The second-order valence-electron chi connectivity index (χ2n) is 4.74. The molecular weight excluding hydrogens is 315 g/mol. The minimum Gasteiger partial charge on any atom is -0.490 e. The van der Waals surface area contributed by atoms with Crippen LogP contribution in [0.3, 0.4) is 0 Å². The highest BCUT2D eigenvalue weighted by atomic mass is 19.1. The minimum absolute atomic E-state index is 0.0747. The Balaban J connectivity index is 1.52. The first-order valence-corrected chi connectivity index (χ1v) is 7.11. The van der Waals surface area contributed by atoms with Crippen molar-refractivity contribution < 1.29 is 18.7 Å². The Labute approximate surface area is 136 Å². The van der Waals surface area contributed by atoms with E-state index in [0.29, 0.717) is 17.0 Å². The molecule has 0 saturated carbocycles. The fourth-order valence-corrected chi connectivity index (χ4v) is 1.96. The number of tetrazole rings is 1. The maximum Gasteiger partial charge on any atom is 0.338 e. The lowest BCUT2D eigenvalue weighted by Gasteiger charge is -2.08. The van der Waals surface area contributed by atoms with Crippen molar-refractivity contribution in [3.05, 3.63) is 66.2 Å². The molecule has 0 aliphatic carbocycles. The Hall–Kier alpha value is -3.29. The van der Waals surface area contributed by atoms with Crippen molar-refractivity contribution in [2.24, 2.45) is 0 Å². The first-order valence-electron chi connectivity index (χ1n) is 7.11. The highest BCUT2D eigenvalue weighted by molar-refractivity contribution is 5.90. The normalized spacial score (nSPS) is 10.4. The van der Waals surface area contributed by atoms with Gasteiger partial charge in [-0.3, -0.25) is 0 Å². The topological polar surface area (TPSA) is 79.1 Å². The van der Waals surface area contributed by atoms with Crippen LogP contribution in [0.1, 0.15) is 10.4 Å². The minimum atomic E-state index is -0.479. The van der Waals surface area contributed by atoms with E-state index in [1.807, 2.05) is 0 Å². The van der Waals surface area contributed by atoms with Crippen LogP contribution < -0.4 is 4.74 Å². The number of benzene rings is 2. The van der Waals surface area contributed by atoms with Gasteiger partial charge in [0.05, 0.1) is 11.3 Å². The molecule has 0 atom stereocenters. The van der Waals surface area contributed by atoms with Crippen molar-refractivity contribution in [2.75, 3.05) is 13.2 Å². The van der Waals surface area contributed by atoms with Crippen molar-refractivity contribution in [3.63, 3.8) is 0 Å². The van der Waals surface area contributed by atoms with Crippen molar-refractivity contribution in [3.8, 4) is 11.4 Å². The monoisotopic (exact) mass is 328 g/mol. The van der Waals surface area contributed by atoms with Crippen molar-refractivity contribution in [2.45, 2.75) is 0 Å². The first-order chi connectivity index (χ1) is 11.7. The number of hydrogen-bond donors (Lipinski definition) is 0. The number of halogens is 1. The summed E-state index contributed by atoms with van der Waals surface area (Å²) in [6.45, 7) is 0.245. The number of carbonyl (C=O) groups excluding carboxylic acids is 1. The molecule has 0 N–H and O–H groups in total. The third kappa shape index (κ3) is 3.92. The molecule has 0 aliphatic rings. The van der Waals surface area contributed by atoms with Crippen LogP contribution in [0.5, 0.6) is 5.75 Å². The molecule has 1 heterocycles. The predicted octanol–water partition coefficient (Wildman–Crippen LogP) is 2.04. The van der Waals surface area contributed by atoms with E-state index in [2.05, 4.69) is 15.5 Å². The molecular formula is C16H13FN4O3. The lowest BCUT2D eigenvalue weighted by Crippen LogP contribution is -2.12. The standard InChI is InChI=1S/C16H13FN4O3/c17-13-4-6-15(7-5-13)23-8-9-24-16(22)12-2-1-3-14(10-12)21-11-18-19-20-21/h1-7,10-11H,8-9H2. The summed E-state index contributed by atoms with van der Waals surface area (Å²) >= 11 is 0. The van der Waals surface area contributed by atoms with Gasteiger partial charge >= 0.3 is 5.97 Å². The zero-order valence-electron chi connectivity index (χ0n) is 12.5. The number of rotatable bonds is 6. The van der Waals surface area contributed by atoms with E-state index in [1.54, 1.807) is 24.3 Å². The third-order valence-corrected chi connectivity index (χ3v) is 3.09. The summed E-state index contributed by atoms with van der Waals surface area (Å²) < 4.78 is 24.7. The van der Waals surface area contributed by atoms with Crippen LogP contribution in [0.25, 0.3) is 5.69 Å². The molecule has 24 heavy (non-hydrogen) atoms. The SMILES string of the molecule is O=C(OCCOc1ccc(F)cc1)c1cccc(-n2cnnn2)c1. The lowest BCUT2D eigenvalue weighted by atomic mass is 10.2. The summed E-state index contributed by atoms with van der Waals surface area (Å²) in [7, 11) is 0. The molecule has 0 radical (unpaired) electrons. The molecule has 122 valence electrons. The lowest BCUT2D eigenvalue weighted by molar-refractivity contribution is 0.0450. The van der Waals surface area contributed by atoms with Gasteiger partial charge in [-0.25, -0.2) is 13.9 Å². The summed E-state index contributed by atoms with van der Waals surface area (Å²) in [6.07, 6.45) is 1.43. The first kappa shape index (κ1) is 15.6. The molecule has 0 unspecified atom stereocenters. The fourth-order valence-electron chi connectivity index (χ4n) is 1.96. The van der Waals surface area contributed by atoms with E-state index >= 15 is 0 Å². The van der Waals surface area contributed by atoms with Crippen LogP contribution in [0, 0.1) is 5.82 Å². The molecule has 0 spiro atoms. The number of ether oxygens (including phenoxy) is 2. The van der Waals surface area contributed by atoms with Crippen LogP contribution >= 0.6 is 0 Å². The van der Waals surface area contributed by atoms with E-state index in [-0.39, 0.29) is 19.0 Å². The number of esters is 1. The molecule has 0 bridgehead atoms. The van der Waals surface area contributed by atoms with Gasteiger partial charge in [0.2, 0.25) is 0 Å². The predicted molar refractivity (Wildman–Crippen MR) is 81.3 cm³/mol. The summed E-state index contributed by atoms with van der Waals surface area (Å²) in [5.41, 5.74) is 1.03. The molecule has 0 aliphatic heterocycles. The number of aromatic nitrogens is 4. The fraction of sp³-hybridized carbons (Fsp3) is 0.125. The van der Waals surface area contributed by atoms with Gasteiger partial charge in [0, 0.05) is 0 Å². The van der Waals surface area contributed by atoms with Crippen LogP contribution in [0.4, 0.5) is 4.39 Å². The smallest absolute Gasteiger partial charge is 0.338 e. The molecule has 7 nitrogen and oxygen atoms in total. The summed E-state index contributed by atoms with van der Waals surface area (Å²) in [4.78, 5) is 12.0. The van der Waals surface area contributed by atoms with Gasteiger partial charge in [0.25, 0.3) is 0 Å². The quantitative estimate of drug-likeness (QED) is 0.509. The Bertz CT molecular complexity index is 806. The largest absolute Gasteiger partial charge is 0.490 e. The van der Waals surface area contributed by atoms with Crippen LogP contribution in [-0.2, 0) is 4.74 Å². The van der Waals surface area contributed by atoms with E-state index in [1.165, 1.54) is 35.3 Å². The van der Waals surface area contributed by atoms with Crippen molar-refractivity contribution in [1.82, 2.24) is 20.2 Å². The third-order valence-electron chi connectivity index (χ3n) is 3.09. The van der Waals surface area contributed by atoms with Gasteiger partial charge in [-0.15, -0.1) is 5.10 Å². The Morgan fingerprint density at radius 1 is 1.12 bits per heavy atom. The molecule has 8 heteroatoms. The summed E-state index contributed by atoms with van der Waals surface area (Å²) in [5, 5.41) is 10.8. The zero-order chi connectivity index (χ0) is 16.8. The van der Waals surface area contributed by atoms with Crippen LogP contribution in [0.2, 0.25) is 0 Å². The van der Waals surface area contributed by atoms with E-state index in [0.717, 1.165) is 0 Å². The molecule has 3 rings (SSSR count). The van der Waals surface area contributed by atoms with Gasteiger partial charge < -0.3 is 9.47 Å². The van der Waals surface area contributed by atoms with Gasteiger partial charge in [0.1, 0.15) is 31.1 Å². The van der Waals surface area contributed by atoms with Crippen LogP contribution in [-0.4, -0.2) is 39.4 Å². The Morgan fingerprint density at radius 2 is 1.96 bits per heavy atom. The second-order valence-corrected chi connectivity index (χ2v) is 4.74. The van der Waals surface area contributed by atoms with Gasteiger partial charge in [-0.2, -0.15) is 0 Å². The molecule has 0 fully saturated rings. The van der Waals surface area contributed by atoms with Gasteiger partial charge in [-0.1, -0.05) is 6.07 Å². The highest BCUT2D eigenvalue weighted by Crippen LogP contribution is 2.12. The van der Waals surface area contributed by atoms with Gasteiger partial charge in [0.15, 0.2) is 0 Å². The van der Waals surface area contributed by atoms with Gasteiger partial charge in [-0.05, 0) is 52.9 Å². The zero-order valence-corrected chi connectivity index (χ0v) is 12.5. The highest BCUT2D eigenvalue weighted by Gasteiger charge is 2.09. The van der Waals surface area contributed by atoms with Crippen molar-refractivity contribution >= 4 is 5.97 Å². The maximum atomic E-state index is 12.8. The molecule has 0 amide bonds. The Morgan fingerprint density at radius 3 is 2.71 bits per heavy atom. The van der Waals surface area contributed by atoms with E-state index in [4.69, 9.17) is 9.47 Å². The maximum absolute atomic E-state index is 12.8. The molecule has 2 aromatic carbocycles. The molecule has 3 aromatic rings. The Kier molecular flexibility index (Phi) is 4.76. The van der Waals surface area contributed by atoms with Crippen LogP contribution in [0.15, 0.2) is 54.9 Å². The number of hydrogen-bond acceptors (Lipinski definition) is 6. The molecule has 0 saturated heterocycles. The van der Waals surface area contributed by atoms with Crippen molar-refractivity contribution in [1.29, 1.82) is 0 Å². The summed E-state index contributed by atoms with van der Waals surface area (Å²) in [5.74, 6) is -0.308. The second kappa shape index (κ2) is 7.32. The number of carbonyl (C=O) groups is 1. The molecule has 1 aromatic heterocycles.